The van der Waals surface area contributed by atoms with Crippen LogP contribution in [0.5, 0.6) is 0 Å². The summed E-state index contributed by atoms with van der Waals surface area (Å²) in [4.78, 5) is 35.6. The number of nitrogens with one attached hydrogen (secondary N) is 3. The van der Waals surface area contributed by atoms with Gasteiger partial charge in [0.1, 0.15) is 6.04 Å². The molecule has 102 valence electrons. The largest absolute Gasteiger partial charge is 0.368 e. The molecule has 1 rings (SSSR count). The van der Waals surface area contributed by atoms with Crippen LogP contribution in [-0.4, -0.2) is 61.5 Å². The van der Waals surface area contributed by atoms with Gasteiger partial charge in [0.25, 0.3) is 0 Å². The fourth-order valence-electron chi connectivity index (χ4n) is 1.77. The zero-order chi connectivity index (χ0) is 13.5. The van der Waals surface area contributed by atoms with Crippen molar-refractivity contribution in [1.82, 2.24) is 20.9 Å². The summed E-state index contributed by atoms with van der Waals surface area (Å²) in [5.41, 5.74) is 5.25. The number of hydrogen-bond acceptors (Lipinski definition) is 5. The molecule has 1 fully saturated rings. The van der Waals surface area contributed by atoms with Gasteiger partial charge < -0.3 is 16.4 Å². The molecule has 1 atom stereocenters. The van der Waals surface area contributed by atoms with Crippen LogP contribution >= 0.6 is 0 Å². The standard InChI is InChI=1S/C10H19N5O3/c1-2-13-10(18)14-8(16)6-15-4-3-12-5-7(15)9(11)17/h7,12H,2-6H2,1H3,(H2,11,17)(H2,13,14,16,18). The molecule has 0 aromatic rings. The van der Waals surface area contributed by atoms with Gasteiger partial charge in [0.15, 0.2) is 0 Å². The normalized spacial score (nSPS) is 20.2. The Hall–Kier alpha value is -1.67. The predicted octanol–water partition coefficient (Wildman–Crippen LogP) is -2.41. The fourth-order valence-corrected chi connectivity index (χ4v) is 1.77. The topological polar surface area (TPSA) is 117 Å². The smallest absolute Gasteiger partial charge is 0.321 e. The minimum absolute atomic E-state index is 0.0214. The third-order valence-corrected chi connectivity index (χ3v) is 2.62. The van der Waals surface area contributed by atoms with Gasteiger partial charge >= 0.3 is 6.03 Å². The van der Waals surface area contributed by atoms with Gasteiger partial charge in [-0.1, -0.05) is 0 Å². The van der Waals surface area contributed by atoms with Gasteiger partial charge in [0, 0.05) is 26.2 Å². The van der Waals surface area contributed by atoms with Crippen LogP contribution in [0.15, 0.2) is 0 Å². The maximum atomic E-state index is 11.6. The molecule has 0 saturated carbocycles. The third-order valence-electron chi connectivity index (χ3n) is 2.62. The van der Waals surface area contributed by atoms with Crippen molar-refractivity contribution in [2.24, 2.45) is 5.73 Å². The van der Waals surface area contributed by atoms with E-state index in [9.17, 15) is 14.4 Å². The molecule has 1 saturated heterocycles. The maximum absolute atomic E-state index is 11.6. The minimum Gasteiger partial charge on any atom is -0.368 e. The molecule has 0 bridgehead atoms. The quantitative estimate of drug-likeness (QED) is 0.447. The van der Waals surface area contributed by atoms with E-state index in [-0.39, 0.29) is 6.54 Å². The summed E-state index contributed by atoms with van der Waals surface area (Å²) in [5.74, 6) is -0.929. The molecule has 1 heterocycles. The molecule has 0 aromatic carbocycles. The molecule has 4 amide bonds. The van der Waals surface area contributed by atoms with E-state index in [0.717, 1.165) is 0 Å². The summed E-state index contributed by atoms with van der Waals surface area (Å²) >= 11 is 0. The summed E-state index contributed by atoms with van der Waals surface area (Å²) in [6, 6.07) is -1.05. The summed E-state index contributed by atoms with van der Waals surface area (Å²) in [5, 5.41) is 7.67. The second-order valence-electron chi connectivity index (χ2n) is 4.00. The van der Waals surface area contributed by atoms with Crippen LogP contribution in [-0.2, 0) is 9.59 Å². The molecule has 1 unspecified atom stereocenters. The summed E-state index contributed by atoms with van der Waals surface area (Å²) in [7, 11) is 0. The molecule has 18 heavy (non-hydrogen) atoms. The van der Waals surface area contributed by atoms with Crippen LogP contribution in [0.25, 0.3) is 0 Å². The van der Waals surface area contributed by atoms with Crippen LogP contribution in [0.2, 0.25) is 0 Å². The first-order valence-corrected chi connectivity index (χ1v) is 5.86. The Morgan fingerprint density at radius 3 is 2.78 bits per heavy atom. The molecule has 0 radical (unpaired) electrons. The van der Waals surface area contributed by atoms with Gasteiger partial charge in [-0.05, 0) is 6.92 Å². The second kappa shape index (κ2) is 6.92. The monoisotopic (exact) mass is 257 g/mol. The minimum atomic E-state index is -0.534. The Labute approximate surface area is 105 Å². The molecule has 8 heteroatoms. The highest BCUT2D eigenvalue weighted by Crippen LogP contribution is 2.01. The predicted molar refractivity (Wildman–Crippen MR) is 64.6 cm³/mol. The fraction of sp³-hybridized carbons (Fsp3) is 0.700. The summed E-state index contributed by atoms with van der Waals surface area (Å²) < 4.78 is 0. The van der Waals surface area contributed by atoms with Crippen molar-refractivity contribution in [3.8, 4) is 0 Å². The average Bonchev–Trinajstić information content (AvgIpc) is 2.29. The number of hydrogen-bond donors (Lipinski definition) is 4. The molecular weight excluding hydrogens is 238 g/mol. The molecule has 0 aliphatic carbocycles. The highest BCUT2D eigenvalue weighted by molar-refractivity contribution is 5.95. The number of nitrogens with zero attached hydrogens (tertiary/aromatic N) is 1. The van der Waals surface area contributed by atoms with Crippen LogP contribution in [0.3, 0.4) is 0 Å². The van der Waals surface area contributed by atoms with E-state index >= 15 is 0 Å². The third kappa shape index (κ3) is 4.30. The van der Waals surface area contributed by atoms with E-state index in [1.165, 1.54) is 0 Å². The molecule has 0 aromatic heterocycles. The highest BCUT2D eigenvalue weighted by atomic mass is 16.2. The van der Waals surface area contributed by atoms with E-state index < -0.39 is 23.9 Å². The van der Waals surface area contributed by atoms with Crippen LogP contribution in [0, 0.1) is 0 Å². The van der Waals surface area contributed by atoms with Gasteiger partial charge in [-0.25, -0.2) is 4.79 Å². The second-order valence-corrected chi connectivity index (χ2v) is 4.00. The highest BCUT2D eigenvalue weighted by Gasteiger charge is 2.28. The molecule has 1 aliphatic heterocycles. The van der Waals surface area contributed by atoms with Crippen molar-refractivity contribution < 1.29 is 14.4 Å². The summed E-state index contributed by atoms with van der Waals surface area (Å²) in [6.45, 7) is 3.81. The van der Waals surface area contributed by atoms with Gasteiger partial charge in [-0.3, -0.25) is 19.8 Å². The van der Waals surface area contributed by atoms with Crippen molar-refractivity contribution in [1.29, 1.82) is 0 Å². The zero-order valence-corrected chi connectivity index (χ0v) is 10.4. The van der Waals surface area contributed by atoms with E-state index in [4.69, 9.17) is 5.73 Å². The number of urea groups is 1. The number of piperazine rings is 1. The molecule has 1 aliphatic rings. The molecule has 5 N–H and O–H groups in total. The maximum Gasteiger partial charge on any atom is 0.321 e. The number of nitrogens with two attached hydrogens (primary N) is 1. The van der Waals surface area contributed by atoms with Crippen molar-refractivity contribution in [3.63, 3.8) is 0 Å². The van der Waals surface area contributed by atoms with Gasteiger partial charge in [0.05, 0.1) is 6.54 Å². The van der Waals surface area contributed by atoms with Crippen molar-refractivity contribution in [3.05, 3.63) is 0 Å². The number of imide groups is 1. The molecule has 8 nitrogen and oxygen atoms in total. The van der Waals surface area contributed by atoms with E-state index in [0.29, 0.717) is 26.2 Å². The first-order chi connectivity index (χ1) is 8.54. The van der Waals surface area contributed by atoms with Crippen LogP contribution in [0.1, 0.15) is 6.92 Å². The van der Waals surface area contributed by atoms with Gasteiger partial charge in [-0.2, -0.15) is 0 Å². The average molecular weight is 257 g/mol. The number of primary amides is 1. The van der Waals surface area contributed by atoms with Gasteiger partial charge in [0.2, 0.25) is 11.8 Å². The number of amides is 4. The van der Waals surface area contributed by atoms with E-state index in [2.05, 4.69) is 16.0 Å². The lowest BCUT2D eigenvalue weighted by molar-refractivity contribution is -0.127. The van der Waals surface area contributed by atoms with Crippen molar-refractivity contribution in [2.75, 3.05) is 32.7 Å². The van der Waals surface area contributed by atoms with Gasteiger partial charge in [-0.15, -0.1) is 0 Å². The van der Waals surface area contributed by atoms with Crippen LogP contribution < -0.4 is 21.7 Å². The Morgan fingerprint density at radius 2 is 2.17 bits per heavy atom. The Morgan fingerprint density at radius 1 is 1.44 bits per heavy atom. The Bertz CT molecular complexity index is 333. The Kier molecular flexibility index (Phi) is 5.53. The lowest BCUT2D eigenvalue weighted by Gasteiger charge is -2.33. The molecule has 0 spiro atoms. The lowest BCUT2D eigenvalue weighted by Crippen LogP contribution is -2.59. The van der Waals surface area contributed by atoms with Crippen molar-refractivity contribution in [2.45, 2.75) is 13.0 Å². The number of carbonyl (C=O) groups is 3. The van der Waals surface area contributed by atoms with Crippen molar-refractivity contribution >= 4 is 17.8 Å². The lowest BCUT2D eigenvalue weighted by atomic mass is 10.2. The van der Waals surface area contributed by atoms with E-state index in [1.807, 2.05) is 0 Å². The Balaban J connectivity index is 2.46. The SMILES string of the molecule is CCNC(=O)NC(=O)CN1CCNCC1C(N)=O. The number of carbonyl (C=O) groups excluding carboxylic acids is 3. The van der Waals surface area contributed by atoms with E-state index in [1.54, 1.807) is 11.8 Å². The first-order valence-electron chi connectivity index (χ1n) is 5.86. The molecular formula is C10H19N5O3. The first kappa shape index (κ1) is 14.4. The zero-order valence-electron chi connectivity index (χ0n) is 10.4. The van der Waals surface area contributed by atoms with Crippen LogP contribution in [0.4, 0.5) is 4.79 Å². The number of rotatable bonds is 4. The summed E-state index contributed by atoms with van der Waals surface area (Å²) in [6.07, 6.45) is 0.